The van der Waals surface area contributed by atoms with Gasteiger partial charge < -0.3 is 15.4 Å². The number of hydrogen-bond acceptors (Lipinski definition) is 3. The molecular weight excluding hydrogens is 288 g/mol. The van der Waals surface area contributed by atoms with E-state index in [1.807, 2.05) is 32.2 Å². The van der Waals surface area contributed by atoms with E-state index in [1.165, 1.54) is 0 Å². The summed E-state index contributed by atoms with van der Waals surface area (Å²) >= 11 is 0. The Kier molecular flexibility index (Phi) is 7.72. The molecule has 0 aromatic heterocycles. The van der Waals surface area contributed by atoms with Crippen molar-refractivity contribution in [2.75, 3.05) is 20.2 Å². The monoisotopic (exact) mass is 312 g/mol. The van der Waals surface area contributed by atoms with Crippen LogP contribution in [0.3, 0.4) is 0 Å². The number of ether oxygens (including phenoxy) is 1. The van der Waals surface area contributed by atoms with Crippen molar-refractivity contribution in [2.24, 2.45) is 5.92 Å². The van der Waals surface area contributed by atoms with Crippen LogP contribution in [0.25, 0.3) is 0 Å². The number of amides is 1. The smallest absolute Gasteiger partial charge is 0.224 e. The first-order valence-corrected chi connectivity index (χ1v) is 7.34. The van der Waals surface area contributed by atoms with Gasteiger partial charge in [0.15, 0.2) is 0 Å². The van der Waals surface area contributed by atoms with Gasteiger partial charge in [-0.1, -0.05) is 37.3 Å². The third-order valence-corrected chi connectivity index (χ3v) is 3.75. The van der Waals surface area contributed by atoms with E-state index in [0.717, 1.165) is 25.0 Å². The Balaban J connectivity index is 0.00000220. The van der Waals surface area contributed by atoms with Crippen molar-refractivity contribution < 1.29 is 9.53 Å². The first kappa shape index (κ1) is 18.0. The van der Waals surface area contributed by atoms with Gasteiger partial charge in [-0.3, -0.25) is 4.79 Å². The maximum absolute atomic E-state index is 12.3. The van der Waals surface area contributed by atoms with Crippen LogP contribution in [0.2, 0.25) is 0 Å². The van der Waals surface area contributed by atoms with Crippen molar-refractivity contribution in [1.29, 1.82) is 0 Å². The highest BCUT2D eigenvalue weighted by molar-refractivity contribution is 5.85. The van der Waals surface area contributed by atoms with Crippen molar-refractivity contribution in [1.82, 2.24) is 10.6 Å². The Hall–Kier alpha value is -1.10. The lowest BCUT2D eigenvalue weighted by Crippen LogP contribution is -2.41. The van der Waals surface area contributed by atoms with Gasteiger partial charge in [0.2, 0.25) is 5.91 Å². The van der Waals surface area contributed by atoms with Crippen molar-refractivity contribution in [3.8, 4) is 0 Å². The molecule has 2 N–H and O–H groups in total. The van der Waals surface area contributed by atoms with Gasteiger partial charge in [0, 0.05) is 19.1 Å². The van der Waals surface area contributed by atoms with Crippen molar-refractivity contribution in [3.63, 3.8) is 0 Å². The number of benzene rings is 1. The number of carbonyl (C=O) groups is 1. The molecule has 1 fully saturated rings. The highest BCUT2D eigenvalue weighted by atomic mass is 35.5. The summed E-state index contributed by atoms with van der Waals surface area (Å²) in [6.45, 7) is 3.40. The summed E-state index contributed by atoms with van der Waals surface area (Å²) < 4.78 is 5.78. The zero-order valence-electron chi connectivity index (χ0n) is 12.7. The van der Waals surface area contributed by atoms with E-state index in [0.29, 0.717) is 6.54 Å². The van der Waals surface area contributed by atoms with Crippen molar-refractivity contribution in [2.45, 2.75) is 31.9 Å². The molecular formula is C16H25ClN2O2. The summed E-state index contributed by atoms with van der Waals surface area (Å²) in [5.74, 6) is 0.0244. The third kappa shape index (κ3) is 4.99. The van der Waals surface area contributed by atoms with Crippen LogP contribution in [0.5, 0.6) is 0 Å². The van der Waals surface area contributed by atoms with Crippen LogP contribution in [-0.4, -0.2) is 32.2 Å². The topological polar surface area (TPSA) is 50.4 Å². The molecule has 21 heavy (non-hydrogen) atoms. The van der Waals surface area contributed by atoms with E-state index < -0.39 is 0 Å². The Morgan fingerprint density at radius 2 is 2.10 bits per heavy atom. The number of nitrogens with one attached hydrogen (secondary N) is 2. The van der Waals surface area contributed by atoms with Crippen molar-refractivity contribution >= 4 is 18.3 Å². The maximum Gasteiger partial charge on any atom is 0.224 e. The Morgan fingerprint density at radius 3 is 2.67 bits per heavy atom. The number of halogens is 1. The summed E-state index contributed by atoms with van der Waals surface area (Å²) in [6.07, 6.45) is 2.15. The SMILES string of the molecule is CNCC(C)C(=O)NC(c1ccccc1)C1CCCO1.Cl. The fourth-order valence-corrected chi connectivity index (χ4v) is 2.61. The lowest BCUT2D eigenvalue weighted by atomic mass is 9.98. The van der Waals surface area contributed by atoms with E-state index >= 15 is 0 Å². The van der Waals surface area contributed by atoms with Crippen LogP contribution in [0.4, 0.5) is 0 Å². The standard InChI is InChI=1S/C16H24N2O2.ClH/c1-12(11-17-2)16(19)18-15(14-9-6-10-20-14)13-7-4-3-5-8-13;/h3-5,7-8,12,14-15,17H,6,9-11H2,1-2H3,(H,18,19);1H. The molecule has 0 bridgehead atoms. The van der Waals surface area contributed by atoms with Gasteiger partial charge in [-0.2, -0.15) is 0 Å². The zero-order valence-corrected chi connectivity index (χ0v) is 13.5. The van der Waals surface area contributed by atoms with Crippen LogP contribution < -0.4 is 10.6 Å². The molecule has 1 heterocycles. The molecule has 118 valence electrons. The second-order valence-corrected chi connectivity index (χ2v) is 5.41. The van der Waals surface area contributed by atoms with Gasteiger partial charge in [0.1, 0.15) is 0 Å². The van der Waals surface area contributed by atoms with E-state index in [4.69, 9.17) is 4.74 Å². The van der Waals surface area contributed by atoms with Gasteiger partial charge >= 0.3 is 0 Å². The van der Waals surface area contributed by atoms with Crippen LogP contribution in [0.15, 0.2) is 30.3 Å². The summed E-state index contributed by atoms with van der Waals surface area (Å²) in [5, 5.41) is 6.19. The molecule has 1 aromatic rings. The molecule has 1 aliphatic heterocycles. The maximum atomic E-state index is 12.3. The lowest BCUT2D eigenvalue weighted by molar-refractivity contribution is -0.126. The quantitative estimate of drug-likeness (QED) is 0.847. The molecule has 1 saturated heterocycles. The molecule has 1 aromatic carbocycles. The number of rotatable bonds is 6. The van der Waals surface area contributed by atoms with E-state index in [-0.39, 0.29) is 36.4 Å². The molecule has 2 rings (SSSR count). The first-order chi connectivity index (χ1) is 9.72. The average molecular weight is 313 g/mol. The van der Waals surface area contributed by atoms with Gasteiger partial charge in [-0.15, -0.1) is 12.4 Å². The Bertz CT molecular complexity index is 422. The summed E-state index contributed by atoms with van der Waals surface area (Å²) in [4.78, 5) is 12.3. The molecule has 0 saturated carbocycles. The van der Waals surface area contributed by atoms with E-state index in [2.05, 4.69) is 22.8 Å². The molecule has 3 atom stereocenters. The van der Waals surface area contributed by atoms with Gasteiger partial charge in [0.05, 0.1) is 12.1 Å². The Morgan fingerprint density at radius 1 is 1.38 bits per heavy atom. The fraction of sp³-hybridized carbons (Fsp3) is 0.562. The number of carbonyl (C=O) groups excluding carboxylic acids is 1. The van der Waals surface area contributed by atoms with Gasteiger partial charge in [-0.25, -0.2) is 0 Å². The van der Waals surface area contributed by atoms with Crippen LogP contribution in [-0.2, 0) is 9.53 Å². The predicted octanol–water partition coefficient (Wildman–Crippen LogP) is 2.30. The summed E-state index contributed by atoms with van der Waals surface area (Å²) in [6, 6.07) is 10.0. The van der Waals surface area contributed by atoms with Crippen LogP contribution in [0, 0.1) is 5.92 Å². The normalized spacial score (nSPS) is 20.4. The molecule has 4 nitrogen and oxygen atoms in total. The second kappa shape index (κ2) is 9.03. The largest absolute Gasteiger partial charge is 0.376 e. The van der Waals surface area contributed by atoms with Crippen LogP contribution >= 0.6 is 12.4 Å². The highest BCUT2D eigenvalue weighted by Gasteiger charge is 2.29. The minimum absolute atomic E-state index is 0. The number of hydrogen-bond donors (Lipinski definition) is 2. The first-order valence-electron chi connectivity index (χ1n) is 7.34. The van der Waals surface area contributed by atoms with Crippen molar-refractivity contribution in [3.05, 3.63) is 35.9 Å². The van der Waals surface area contributed by atoms with Gasteiger partial charge in [-0.05, 0) is 25.5 Å². The van der Waals surface area contributed by atoms with E-state index in [9.17, 15) is 4.79 Å². The minimum Gasteiger partial charge on any atom is -0.376 e. The fourth-order valence-electron chi connectivity index (χ4n) is 2.61. The average Bonchev–Trinajstić information content (AvgIpc) is 2.99. The highest BCUT2D eigenvalue weighted by Crippen LogP contribution is 2.27. The molecule has 1 aliphatic rings. The third-order valence-electron chi connectivity index (χ3n) is 3.75. The lowest BCUT2D eigenvalue weighted by Gasteiger charge is -2.26. The van der Waals surface area contributed by atoms with Crippen LogP contribution in [0.1, 0.15) is 31.4 Å². The molecule has 5 heteroatoms. The Labute approximate surface area is 133 Å². The summed E-state index contributed by atoms with van der Waals surface area (Å²) in [7, 11) is 1.86. The molecule has 0 aliphatic carbocycles. The molecule has 3 unspecified atom stereocenters. The van der Waals surface area contributed by atoms with E-state index in [1.54, 1.807) is 0 Å². The molecule has 1 amide bonds. The minimum atomic E-state index is -0.0505. The zero-order chi connectivity index (χ0) is 14.4. The van der Waals surface area contributed by atoms with Gasteiger partial charge in [0.25, 0.3) is 0 Å². The predicted molar refractivity (Wildman–Crippen MR) is 86.6 cm³/mol. The summed E-state index contributed by atoms with van der Waals surface area (Å²) in [5.41, 5.74) is 1.12. The molecule has 0 spiro atoms. The molecule has 0 radical (unpaired) electrons. The second-order valence-electron chi connectivity index (χ2n) is 5.41.